The number of nitrogens with one attached hydrogen (secondary N) is 1. The zero-order chi connectivity index (χ0) is 13.0. The van der Waals surface area contributed by atoms with Gasteiger partial charge < -0.3 is 5.32 Å². The second-order valence-corrected chi connectivity index (χ2v) is 5.20. The predicted octanol–water partition coefficient (Wildman–Crippen LogP) is 1.95. The Morgan fingerprint density at radius 1 is 1.50 bits per heavy atom. The van der Waals surface area contributed by atoms with Crippen LogP contribution in [0.3, 0.4) is 0 Å². The minimum atomic E-state index is -0.125. The van der Waals surface area contributed by atoms with Crippen molar-refractivity contribution < 1.29 is 4.79 Å². The molecule has 1 saturated heterocycles. The Hall–Kier alpha value is -1.61. The van der Waals surface area contributed by atoms with Gasteiger partial charge in [-0.15, -0.1) is 0 Å². The average Bonchev–Trinajstić information content (AvgIpc) is 2.71. The maximum absolute atomic E-state index is 11.4. The van der Waals surface area contributed by atoms with Gasteiger partial charge in [-0.1, -0.05) is 36.9 Å². The molecule has 1 N–H and O–H groups in total. The van der Waals surface area contributed by atoms with Crippen molar-refractivity contribution >= 4 is 5.91 Å². The van der Waals surface area contributed by atoms with Crippen LogP contribution in [0.15, 0.2) is 43.0 Å². The Labute approximate surface area is 108 Å². The summed E-state index contributed by atoms with van der Waals surface area (Å²) in [6.07, 6.45) is 2.32. The van der Waals surface area contributed by atoms with E-state index in [4.69, 9.17) is 0 Å². The molecule has 2 rings (SSSR count). The number of hydrogen-bond donors (Lipinski definition) is 1. The normalized spacial score (nSPS) is 23.8. The van der Waals surface area contributed by atoms with Gasteiger partial charge in [0.1, 0.15) is 0 Å². The number of rotatable bonds is 4. The molecular weight excluding hydrogens is 224 g/mol. The van der Waals surface area contributed by atoms with Crippen LogP contribution in [0, 0.1) is 0 Å². The zero-order valence-electron chi connectivity index (χ0n) is 10.9. The Balaban J connectivity index is 1.92. The van der Waals surface area contributed by atoms with E-state index < -0.39 is 0 Å². The summed E-state index contributed by atoms with van der Waals surface area (Å²) in [5.74, 6) is -0.0842. The highest BCUT2D eigenvalue weighted by Gasteiger charge is 2.34. The minimum Gasteiger partial charge on any atom is -0.346 e. The molecule has 1 fully saturated rings. The van der Waals surface area contributed by atoms with Crippen LogP contribution in [0.2, 0.25) is 0 Å². The third-order valence-corrected chi connectivity index (χ3v) is 3.41. The van der Waals surface area contributed by atoms with Crippen LogP contribution in [0.25, 0.3) is 0 Å². The molecule has 1 atom stereocenters. The smallest absolute Gasteiger partial charge is 0.243 e. The van der Waals surface area contributed by atoms with E-state index in [2.05, 4.69) is 48.0 Å². The lowest BCUT2D eigenvalue weighted by Gasteiger charge is -2.25. The number of carbonyl (C=O) groups is 1. The molecule has 0 aliphatic carbocycles. The Kier molecular flexibility index (Phi) is 3.82. The third kappa shape index (κ3) is 3.20. The fraction of sp³-hybridized carbons (Fsp3) is 0.400. The van der Waals surface area contributed by atoms with Crippen molar-refractivity contribution in [3.8, 4) is 0 Å². The van der Waals surface area contributed by atoms with Crippen LogP contribution in [0.5, 0.6) is 0 Å². The molecule has 0 aromatic heterocycles. The van der Waals surface area contributed by atoms with Gasteiger partial charge in [-0.2, -0.15) is 0 Å². The summed E-state index contributed by atoms with van der Waals surface area (Å²) in [5.41, 5.74) is 1.19. The molecule has 18 heavy (non-hydrogen) atoms. The second kappa shape index (κ2) is 5.36. The quantitative estimate of drug-likeness (QED) is 0.821. The van der Waals surface area contributed by atoms with Gasteiger partial charge in [0.15, 0.2) is 0 Å². The Bertz CT molecular complexity index is 429. The molecule has 1 aromatic rings. The first-order valence-electron chi connectivity index (χ1n) is 6.32. The summed E-state index contributed by atoms with van der Waals surface area (Å²) >= 11 is 0. The van der Waals surface area contributed by atoms with Gasteiger partial charge in [0, 0.05) is 19.6 Å². The first kappa shape index (κ1) is 12.8. The largest absolute Gasteiger partial charge is 0.346 e. The van der Waals surface area contributed by atoms with Crippen molar-refractivity contribution in [2.75, 3.05) is 13.1 Å². The lowest BCUT2D eigenvalue weighted by molar-refractivity contribution is -0.118. The highest BCUT2D eigenvalue weighted by molar-refractivity contribution is 5.87. The molecule has 0 bridgehead atoms. The zero-order valence-corrected chi connectivity index (χ0v) is 10.9. The van der Waals surface area contributed by atoms with Crippen LogP contribution in [-0.4, -0.2) is 29.4 Å². The summed E-state index contributed by atoms with van der Waals surface area (Å²) in [4.78, 5) is 13.8. The lowest BCUT2D eigenvalue weighted by Crippen LogP contribution is -2.47. The van der Waals surface area contributed by atoms with Crippen molar-refractivity contribution in [3.63, 3.8) is 0 Å². The first-order chi connectivity index (χ1) is 8.61. The van der Waals surface area contributed by atoms with Gasteiger partial charge in [0.2, 0.25) is 5.91 Å². The number of carbonyl (C=O) groups excluding carboxylic acids is 1. The van der Waals surface area contributed by atoms with E-state index in [1.165, 1.54) is 11.6 Å². The molecule has 0 spiro atoms. The Morgan fingerprint density at radius 3 is 2.89 bits per heavy atom. The summed E-state index contributed by atoms with van der Waals surface area (Å²) in [6.45, 7) is 8.44. The molecule has 3 nitrogen and oxygen atoms in total. The van der Waals surface area contributed by atoms with Crippen molar-refractivity contribution in [1.82, 2.24) is 10.2 Å². The molecule has 3 heteroatoms. The topological polar surface area (TPSA) is 32.3 Å². The van der Waals surface area contributed by atoms with Gasteiger partial charge in [-0.3, -0.25) is 9.69 Å². The number of likely N-dealkylation sites (tertiary alicyclic amines) is 1. The summed E-state index contributed by atoms with van der Waals surface area (Å²) < 4.78 is 0. The van der Waals surface area contributed by atoms with Crippen LogP contribution >= 0.6 is 0 Å². The molecular formula is C15H20N2O. The van der Waals surface area contributed by atoms with Crippen LogP contribution < -0.4 is 5.32 Å². The van der Waals surface area contributed by atoms with Gasteiger partial charge in [-0.25, -0.2) is 0 Å². The number of nitrogens with zero attached hydrogens (tertiary/aromatic N) is 1. The number of amides is 1. The number of hydrogen-bond acceptors (Lipinski definition) is 2. The van der Waals surface area contributed by atoms with E-state index in [1.54, 1.807) is 0 Å². The van der Waals surface area contributed by atoms with E-state index >= 15 is 0 Å². The monoisotopic (exact) mass is 244 g/mol. The first-order valence-corrected chi connectivity index (χ1v) is 6.32. The Morgan fingerprint density at radius 2 is 2.22 bits per heavy atom. The van der Waals surface area contributed by atoms with Crippen LogP contribution in [-0.2, 0) is 11.3 Å². The third-order valence-electron chi connectivity index (χ3n) is 3.41. The molecule has 0 saturated carbocycles. The lowest BCUT2D eigenvalue weighted by atomic mass is 10.0. The second-order valence-electron chi connectivity index (χ2n) is 5.20. The van der Waals surface area contributed by atoms with E-state index in [0.29, 0.717) is 0 Å². The molecule has 1 unspecified atom stereocenters. The van der Waals surface area contributed by atoms with Gasteiger partial charge in [-0.05, 0) is 25.0 Å². The van der Waals surface area contributed by atoms with Crippen molar-refractivity contribution in [1.29, 1.82) is 0 Å². The maximum atomic E-state index is 11.4. The van der Waals surface area contributed by atoms with E-state index in [0.717, 1.165) is 26.1 Å². The average molecular weight is 244 g/mol. The number of benzene rings is 1. The summed E-state index contributed by atoms with van der Waals surface area (Å²) in [6, 6.07) is 10.4. The highest BCUT2D eigenvalue weighted by Crippen LogP contribution is 2.22. The van der Waals surface area contributed by atoms with Crippen molar-refractivity contribution in [3.05, 3.63) is 48.6 Å². The molecule has 1 aliphatic rings. The summed E-state index contributed by atoms with van der Waals surface area (Å²) in [5, 5.41) is 3.02. The molecule has 96 valence electrons. The van der Waals surface area contributed by atoms with Crippen LogP contribution in [0.1, 0.15) is 18.9 Å². The fourth-order valence-electron chi connectivity index (χ4n) is 2.48. The van der Waals surface area contributed by atoms with E-state index in [9.17, 15) is 4.79 Å². The fourth-order valence-corrected chi connectivity index (χ4v) is 2.48. The molecule has 1 amide bonds. The summed E-state index contributed by atoms with van der Waals surface area (Å²) in [7, 11) is 0. The van der Waals surface area contributed by atoms with E-state index in [-0.39, 0.29) is 11.4 Å². The van der Waals surface area contributed by atoms with Crippen molar-refractivity contribution in [2.45, 2.75) is 25.4 Å². The molecule has 1 aromatic carbocycles. The highest BCUT2D eigenvalue weighted by atomic mass is 16.1. The van der Waals surface area contributed by atoms with E-state index in [1.807, 2.05) is 6.07 Å². The van der Waals surface area contributed by atoms with Gasteiger partial charge in [0.25, 0.3) is 0 Å². The standard InChI is InChI=1S/C15H20N2O/c1-3-14(18)16-15(2)9-10-17(12-15)11-13-7-5-4-6-8-13/h3-8H,1,9-12H2,2H3,(H,16,18). The SMILES string of the molecule is C=CC(=O)NC1(C)CCN(Cc2ccccc2)C1. The minimum absolute atomic E-state index is 0.0842. The van der Waals surface area contributed by atoms with Crippen molar-refractivity contribution in [2.24, 2.45) is 0 Å². The molecule has 0 radical (unpaired) electrons. The predicted molar refractivity (Wildman–Crippen MR) is 73.1 cm³/mol. The molecule has 1 heterocycles. The maximum Gasteiger partial charge on any atom is 0.243 e. The van der Waals surface area contributed by atoms with Gasteiger partial charge >= 0.3 is 0 Å². The van der Waals surface area contributed by atoms with Gasteiger partial charge in [0.05, 0.1) is 5.54 Å². The molecule has 1 aliphatic heterocycles. The van der Waals surface area contributed by atoms with Crippen LogP contribution in [0.4, 0.5) is 0 Å².